The summed E-state index contributed by atoms with van der Waals surface area (Å²) in [6, 6.07) is 7.30. The van der Waals surface area contributed by atoms with Crippen LogP contribution < -0.4 is 5.32 Å². The summed E-state index contributed by atoms with van der Waals surface area (Å²) in [4.78, 5) is 11.9. The van der Waals surface area contributed by atoms with Crippen LogP contribution >= 0.6 is 0 Å². The summed E-state index contributed by atoms with van der Waals surface area (Å²) in [7, 11) is 0. The van der Waals surface area contributed by atoms with Crippen LogP contribution in [0.25, 0.3) is 0 Å². The number of carbonyl (C=O) groups is 1. The van der Waals surface area contributed by atoms with Crippen LogP contribution in [-0.2, 0) is 9.53 Å². The van der Waals surface area contributed by atoms with Crippen molar-refractivity contribution in [2.24, 2.45) is 5.92 Å². The molecule has 0 aromatic heterocycles. The first-order valence-corrected chi connectivity index (χ1v) is 7.32. The molecule has 0 unspecified atom stereocenters. The molecule has 21 heavy (non-hydrogen) atoms. The van der Waals surface area contributed by atoms with Crippen molar-refractivity contribution in [1.29, 1.82) is 0 Å². The Morgan fingerprint density at radius 3 is 2.71 bits per heavy atom. The van der Waals surface area contributed by atoms with Crippen LogP contribution in [0.2, 0.25) is 0 Å². The third-order valence-corrected chi connectivity index (χ3v) is 3.55. The highest BCUT2D eigenvalue weighted by Crippen LogP contribution is 2.32. The Morgan fingerprint density at radius 2 is 2.10 bits per heavy atom. The summed E-state index contributed by atoms with van der Waals surface area (Å²) in [6.45, 7) is 2.59. The van der Waals surface area contributed by atoms with Crippen molar-refractivity contribution in [3.8, 4) is 11.8 Å². The van der Waals surface area contributed by atoms with Gasteiger partial charge < -0.3 is 15.2 Å². The zero-order chi connectivity index (χ0) is 15.1. The summed E-state index contributed by atoms with van der Waals surface area (Å²) >= 11 is 0. The van der Waals surface area contributed by atoms with Crippen molar-refractivity contribution in [2.45, 2.75) is 32.3 Å². The van der Waals surface area contributed by atoms with Gasteiger partial charge in [0.2, 0.25) is 5.91 Å². The third-order valence-electron chi connectivity index (χ3n) is 3.55. The van der Waals surface area contributed by atoms with Gasteiger partial charge in [0.05, 0.1) is 6.10 Å². The highest BCUT2D eigenvalue weighted by atomic mass is 16.5. The molecule has 0 radical (unpaired) electrons. The Morgan fingerprint density at radius 1 is 1.38 bits per heavy atom. The predicted molar refractivity (Wildman–Crippen MR) is 81.8 cm³/mol. The highest BCUT2D eigenvalue weighted by Gasteiger charge is 2.30. The summed E-state index contributed by atoms with van der Waals surface area (Å²) in [5.41, 5.74) is 1.59. The molecule has 1 aliphatic rings. The Balaban J connectivity index is 1.75. The molecule has 0 heterocycles. The quantitative estimate of drug-likeness (QED) is 0.816. The molecule has 0 saturated heterocycles. The first-order chi connectivity index (χ1) is 10.2. The molecule has 1 aromatic rings. The number of nitrogens with one attached hydrogen (secondary N) is 1. The number of hydrogen-bond acceptors (Lipinski definition) is 3. The minimum atomic E-state index is -0.150. The lowest BCUT2D eigenvalue weighted by Gasteiger charge is -2.34. The molecular formula is C17H21NO3. The average molecular weight is 287 g/mol. The fourth-order valence-corrected chi connectivity index (χ4v) is 2.47. The van der Waals surface area contributed by atoms with Gasteiger partial charge in [-0.3, -0.25) is 4.79 Å². The fraction of sp³-hybridized carbons (Fsp3) is 0.471. The maximum Gasteiger partial charge on any atom is 0.224 e. The monoisotopic (exact) mass is 287 g/mol. The number of aliphatic hydroxyl groups excluding tert-OH is 1. The van der Waals surface area contributed by atoms with Gasteiger partial charge in [0.25, 0.3) is 0 Å². The summed E-state index contributed by atoms with van der Waals surface area (Å²) < 4.78 is 5.49. The number of hydrogen-bond donors (Lipinski definition) is 2. The van der Waals surface area contributed by atoms with Gasteiger partial charge in [0, 0.05) is 24.3 Å². The Kier molecular flexibility index (Phi) is 5.79. The number of rotatable bonds is 5. The molecule has 2 rings (SSSR count). The zero-order valence-corrected chi connectivity index (χ0v) is 12.3. The Bertz CT molecular complexity index is 521. The van der Waals surface area contributed by atoms with Gasteiger partial charge in [-0.1, -0.05) is 11.8 Å². The lowest BCUT2D eigenvalue weighted by Crippen LogP contribution is -2.33. The van der Waals surface area contributed by atoms with Crippen molar-refractivity contribution in [3.05, 3.63) is 29.8 Å². The molecule has 0 atom stereocenters. The van der Waals surface area contributed by atoms with Crippen LogP contribution in [0.3, 0.4) is 0 Å². The number of benzene rings is 1. The molecule has 1 fully saturated rings. The first-order valence-electron chi connectivity index (χ1n) is 7.32. The van der Waals surface area contributed by atoms with Crippen molar-refractivity contribution in [1.82, 2.24) is 0 Å². The minimum absolute atomic E-state index is 0.0455. The van der Waals surface area contributed by atoms with Crippen molar-refractivity contribution >= 4 is 11.6 Å². The van der Waals surface area contributed by atoms with E-state index < -0.39 is 0 Å². The van der Waals surface area contributed by atoms with E-state index in [0.29, 0.717) is 18.4 Å². The van der Waals surface area contributed by atoms with Crippen LogP contribution in [-0.4, -0.2) is 30.3 Å². The van der Waals surface area contributed by atoms with Crippen LogP contribution in [0, 0.1) is 17.8 Å². The summed E-state index contributed by atoms with van der Waals surface area (Å²) in [5, 5.41) is 11.5. The summed E-state index contributed by atoms with van der Waals surface area (Å²) in [6.07, 6.45) is 2.86. The van der Waals surface area contributed by atoms with Crippen LogP contribution in [0.1, 0.15) is 31.7 Å². The van der Waals surface area contributed by atoms with E-state index in [1.807, 2.05) is 31.2 Å². The van der Waals surface area contributed by atoms with E-state index in [-0.39, 0.29) is 12.5 Å². The lowest BCUT2D eigenvalue weighted by atomic mass is 9.80. The lowest BCUT2D eigenvalue weighted by molar-refractivity contribution is -0.119. The van der Waals surface area contributed by atoms with Gasteiger partial charge >= 0.3 is 0 Å². The first kappa shape index (κ1) is 15.6. The van der Waals surface area contributed by atoms with Gasteiger partial charge in [-0.25, -0.2) is 0 Å². The zero-order valence-electron chi connectivity index (χ0n) is 12.3. The van der Waals surface area contributed by atoms with Gasteiger partial charge in [-0.05, 0) is 49.9 Å². The smallest absolute Gasteiger partial charge is 0.224 e. The van der Waals surface area contributed by atoms with E-state index in [1.165, 1.54) is 0 Å². The van der Waals surface area contributed by atoms with Crippen LogP contribution in [0.5, 0.6) is 0 Å². The standard InChI is InChI=1S/C17H21NO3/c1-2-21-16-10-14(11-16)12-17(20)18-15-7-5-13(6-8-15)4-3-9-19/h5-8,14,16,19H,2,9-12H2,1H3,(H,18,20). The fourth-order valence-electron chi connectivity index (χ4n) is 2.47. The van der Waals surface area contributed by atoms with Crippen molar-refractivity contribution < 1.29 is 14.6 Å². The number of aliphatic hydroxyl groups is 1. The van der Waals surface area contributed by atoms with Gasteiger partial charge in [-0.2, -0.15) is 0 Å². The predicted octanol–water partition coefficient (Wildman–Crippen LogP) is 2.17. The van der Waals surface area contributed by atoms with E-state index in [4.69, 9.17) is 9.84 Å². The molecule has 1 saturated carbocycles. The van der Waals surface area contributed by atoms with Crippen LogP contribution in [0.15, 0.2) is 24.3 Å². The minimum Gasteiger partial charge on any atom is -0.384 e. The van der Waals surface area contributed by atoms with Crippen molar-refractivity contribution in [2.75, 3.05) is 18.5 Å². The van der Waals surface area contributed by atoms with Crippen molar-refractivity contribution in [3.63, 3.8) is 0 Å². The van der Waals surface area contributed by atoms with E-state index >= 15 is 0 Å². The maximum atomic E-state index is 11.9. The molecule has 1 amide bonds. The Labute approximate surface area is 125 Å². The average Bonchev–Trinajstić information content (AvgIpc) is 2.44. The van der Waals surface area contributed by atoms with Gasteiger partial charge in [0.1, 0.15) is 6.61 Å². The molecule has 1 aromatic carbocycles. The number of amides is 1. The second kappa shape index (κ2) is 7.82. The van der Waals surface area contributed by atoms with E-state index in [9.17, 15) is 4.79 Å². The molecule has 0 aliphatic heterocycles. The topological polar surface area (TPSA) is 58.6 Å². The number of anilines is 1. The van der Waals surface area contributed by atoms with E-state index in [1.54, 1.807) is 0 Å². The van der Waals surface area contributed by atoms with E-state index in [2.05, 4.69) is 17.2 Å². The highest BCUT2D eigenvalue weighted by molar-refractivity contribution is 5.90. The summed E-state index contributed by atoms with van der Waals surface area (Å²) in [5.74, 6) is 5.89. The third kappa shape index (κ3) is 4.89. The normalized spacial score (nSPS) is 20.1. The van der Waals surface area contributed by atoms with Gasteiger partial charge in [0.15, 0.2) is 0 Å². The molecule has 0 bridgehead atoms. The van der Waals surface area contributed by atoms with E-state index in [0.717, 1.165) is 30.7 Å². The van der Waals surface area contributed by atoms with Crippen LogP contribution in [0.4, 0.5) is 5.69 Å². The molecule has 112 valence electrons. The molecular weight excluding hydrogens is 266 g/mol. The molecule has 1 aliphatic carbocycles. The molecule has 0 spiro atoms. The van der Waals surface area contributed by atoms with Gasteiger partial charge in [-0.15, -0.1) is 0 Å². The second-order valence-corrected chi connectivity index (χ2v) is 5.20. The molecule has 4 heteroatoms. The maximum absolute atomic E-state index is 11.9. The Hall–Kier alpha value is -1.83. The second-order valence-electron chi connectivity index (χ2n) is 5.20. The molecule has 2 N–H and O–H groups in total. The SMILES string of the molecule is CCOC1CC(CC(=O)Nc2ccc(C#CCO)cc2)C1. The number of carbonyl (C=O) groups excluding carboxylic acids is 1. The number of ether oxygens (including phenoxy) is 1. The largest absolute Gasteiger partial charge is 0.384 e. The molecule has 4 nitrogen and oxygen atoms in total.